The SMILES string of the molecule is O=C(Cc1cccc2ccccc12)NNC(=O)C12CC3CC(C1)CC(C(F)(F)F)(C3)C2. The molecule has 2 unspecified atom stereocenters. The van der Waals surface area contributed by atoms with Gasteiger partial charge in [-0.15, -0.1) is 0 Å². The minimum absolute atomic E-state index is 0.0694. The largest absolute Gasteiger partial charge is 0.394 e. The van der Waals surface area contributed by atoms with Gasteiger partial charge in [-0.1, -0.05) is 42.5 Å². The molecule has 0 spiro atoms. The maximum absolute atomic E-state index is 13.9. The van der Waals surface area contributed by atoms with Crippen LogP contribution in [0, 0.1) is 22.7 Å². The molecule has 2 atom stereocenters. The lowest BCUT2D eigenvalue weighted by molar-refractivity contribution is -0.283. The maximum atomic E-state index is 13.9. The quantitative estimate of drug-likeness (QED) is 0.695. The zero-order chi connectivity index (χ0) is 21.9. The number of benzene rings is 2. The van der Waals surface area contributed by atoms with Crippen molar-refractivity contribution in [1.82, 2.24) is 10.9 Å². The lowest BCUT2D eigenvalue weighted by atomic mass is 9.43. The number of hydrogen-bond acceptors (Lipinski definition) is 2. The molecule has 0 heterocycles. The summed E-state index contributed by atoms with van der Waals surface area (Å²) in [7, 11) is 0. The average molecular weight is 430 g/mol. The minimum Gasteiger partial charge on any atom is -0.273 e. The highest BCUT2D eigenvalue weighted by Gasteiger charge is 2.68. The third-order valence-corrected chi connectivity index (χ3v) is 7.69. The molecule has 4 aliphatic carbocycles. The number of carbonyl (C=O) groups is 2. The molecule has 0 radical (unpaired) electrons. The summed E-state index contributed by atoms with van der Waals surface area (Å²) < 4.78 is 41.7. The fraction of sp³-hybridized carbons (Fsp3) is 0.500. The standard InChI is InChI=1S/C24H25F3N2O2/c25-24(26,27)23-12-15-8-16(13-23)11-22(10-15,14-23)21(31)29-28-20(30)9-18-6-3-5-17-4-1-2-7-19(17)18/h1-7,15-16H,8-14H2,(H,28,30)(H,29,31). The van der Waals surface area contributed by atoms with Crippen molar-refractivity contribution in [2.24, 2.45) is 22.7 Å². The van der Waals surface area contributed by atoms with Gasteiger partial charge in [-0.05, 0) is 66.7 Å². The molecule has 2 aromatic rings. The molecule has 0 aliphatic heterocycles. The van der Waals surface area contributed by atoms with Crippen LogP contribution in [0.15, 0.2) is 42.5 Å². The van der Waals surface area contributed by atoms with Gasteiger partial charge in [0.05, 0.1) is 17.3 Å². The summed E-state index contributed by atoms with van der Waals surface area (Å²) in [6, 6.07) is 13.4. The molecule has 4 aliphatic rings. The van der Waals surface area contributed by atoms with Crippen LogP contribution in [0.4, 0.5) is 13.2 Å². The summed E-state index contributed by atoms with van der Waals surface area (Å²) in [6.45, 7) is 0. The summed E-state index contributed by atoms with van der Waals surface area (Å²) in [5, 5.41) is 1.97. The first-order valence-electron chi connectivity index (χ1n) is 10.8. The van der Waals surface area contributed by atoms with E-state index in [2.05, 4.69) is 10.9 Å². The first kappa shape index (κ1) is 20.3. The number of amides is 2. The van der Waals surface area contributed by atoms with Crippen LogP contribution in [-0.4, -0.2) is 18.0 Å². The Morgan fingerprint density at radius 2 is 1.61 bits per heavy atom. The zero-order valence-corrected chi connectivity index (χ0v) is 17.1. The van der Waals surface area contributed by atoms with Gasteiger partial charge in [0.2, 0.25) is 11.8 Å². The van der Waals surface area contributed by atoms with E-state index in [0.29, 0.717) is 12.8 Å². The van der Waals surface area contributed by atoms with Crippen molar-refractivity contribution in [3.63, 3.8) is 0 Å². The monoisotopic (exact) mass is 430 g/mol. The third-order valence-electron chi connectivity index (χ3n) is 7.69. The fourth-order valence-corrected chi connectivity index (χ4v) is 6.78. The maximum Gasteiger partial charge on any atom is 0.394 e. The highest BCUT2D eigenvalue weighted by molar-refractivity contribution is 5.91. The van der Waals surface area contributed by atoms with Crippen molar-refractivity contribution in [2.75, 3.05) is 0 Å². The number of nitrogens with one attached hydrogen (secondary N) is 2. The average Bonchev–Trinajstić information content (AvgIpc) is 2.70. The molecular formula is C24H25F3N2O2. The highest BCUT2D eigenvalue weighted by atomic mass is 19.4. The molecule has 164 valence electrons. The number of hydrogen-bond donors (Lipinski definition) is 2. The molecular weight excluding hydrogens is 405 g/mol. The number of alkyl halides is 3. The minimum atomic E-state index is -4.30. The first-order valence-corrected chi connectivity index (χ1v) is 10.8. The van der Waals surface area contributed by atoms with Gasteiger partial charge in [0.15, 0.2) is 0 Å². The molecule has 2 N–H and O–H groups in total. The summed E-state index contributed by atoms with van der Waals surface area (Å²) >= 11 is 0. The van der Waals surface area contributed by atoms with E-state index in [4.69, 9.17) is 0 Å². The zero-order valence-electron chi connectivity index (χ0n) is 17.1. The Labute approximate surface area is 178 Å². The van der Waals surface area contributed by atoms with Gasteiger partial charge in [-0.3, -0.25) is 20.4 Å². The van der Waals surface area contributed by atoms with Gasteiger partial charge >= 0.3 is 6.18 Å². The van der Waals surface area contributed by atoms with Crippen LogP contribution in [0.1, 0.15) is 44.1 Å². The summed E-state index contributed by atoms with van der Waals surface area (Å²) in [4.78, 5) is 25.5. The second kappa shape index (κ2) is 6.97. The van der Waals surface area contributed by atoms with Crippen LogP contribution >= 0.6 is 0 Å². The van der Waals surface area contributed by atoms with Crippen LogP contribution in [0.3, 0.4) is 0 Å². The van der Waals surface area contributed by atoms with Crippen molar-refractivity contribution in [2.45, 2.75) is 51.1 Å². The van der Waals surface area contributed by atoms with Crippen LogP contribution in [0.5, 0.6) is 0 Å². The molecule has 4 bridgehead atoms. The van der Waals surface area contributed by atoms with Gasteiger partial charge in [-0.25, -0.2) is 0 Å². The van der Waals surface area contributed by atoms with Crippen LogP contribution < -0.4 is 10.9 Å². The van der Waals surface area contributed by atoms with Crippen molar-refractivity contribution in [1.29, 1.82) is 0 Å². The Hall–Kier alpha value is -2.57. The molecule has 0 aromatic heterocycles. The second-order valence-electron chi connectivity index (χ2n) is 9.84. The number of rotatable bonds is 3. The topological polar surface area (TPSA) is 58.2 Å². The Kier molecular flexibility index (Phi) is 4.57. The van der Waals surface area contributed by atoms with Crippen LogP contribution in [0.25, 0.3) is 10.8 Å². The van der Waals surface area contributed by atoms with Gasteiger partial charge < -0.3 is 0 Å². The summed E-state index contributed by atoms with van der Waals surface area (Å²) in [6.07, 6.45) is -2.38. The second-order valence-corrected chi connectivity index (χ2v) is 9.84. The van der Waals surface area contributed by atoms with Crippen molar-refractivity contribution >= 4 is 22.6 Å². The normalized spacial score (nSPS) is 31.6. The van der Waals surface area contributed by atoms with E-state index in [1.54, 1.807) is 0 Å². The number of halogens is 3. The Balaban J connectivity index is 1.28. The molecule has 31 heavy (non-hydrogen) atoms. The van der Waals surface area contributed by atoms with E-state index < -0.39 is 22.9 Å². The molecule has 2 amide bonds. The smallest absolute Gasteiger partial charge is 0.273 e. The Morgan fingerprint density at radius 1 is 0.935 bits per heavy atom. The molecule has 4 saturated carbocycles. The lowest BCUT2D eigenvalue weighted by Gasteiger charge is -2.61. The van der Waals surface area contributed by atoms with Crippen molar-refractivity contribution in [3.8, 4) is 0 Å². The third kappa shape index (κ3) is 3.38. The molecule has 7 heteroatoms. The van der Waals surface area contributed by atoms with E-state index in [-0.39, 0.29) is 43.4 Å². The molecule has 2 aromatic carbocycles. The first-order chi connectivity index (χ1) is 14.7. The number of hydrazine groups is 1. The molecule has 4 fully saturated rings. The van der Waals surface area contributed by atoms with Crippen LogP contribution in [-0.2, 0) is 16.0 Å². The van der Waals surface area contributed by atoms with Crippen LogP contribution in [0.2, 0.25) is 0 Å². The lowest BCUT2D eigenvalue weighted by Crippen LogP contribution is -2.62. The number of fused-ring (bicyclic) bond motifs is 1. The molecule has 4 nitrogen and oxygen atoms in total. The fourth-order valence-electron chi connectivity index (χ4n) is 6.78. The summed E-state index contributed by atoms with van der Waals surface area (Å²) in [5.74, 6) is -0.999. The van der Waals surface area contributed by atoms with E-state index in [1.807, 2.05) is 42.5 Å². The van der Waals surface area contributed by atoms with Crippen molar-refractivity contribution in [3.05, 3.63) is 48.0 Å². The predicted molar refractivity (Wildman–Crippen MR) is 110 cm³/mol. The van der Waals surface area contributed by atoms with E-state index in [9.17, 15) is 22.8 Å². The Morgan fingerprint density at radius 3 is 2.32 bits per heavy atom. The van der Waals surface area contributed by atoms with Gasteiger partial charge in [0.1, 0.15) is 0 Å². The summed E-state index contributed by atoms with van der Waals surface area (Å²) in [5.41, 5.74) is 2.97. The van der Waals surface area contributed by atoms with Gasteiger partial charge in [0, 0.05) is 0 Å². The number of carbonyl (C=O) groups excluding carboxylic acids is 2. The van der Waals surface area contributed by atoms with E-state index in [1.165, 1.54) is 0 Å². The molecule has 6 rings (SSSR count). The van der Waals surface area contributed by atoms with Crippen molar-refractivity contribution < 1.29 is 22.8 Å². The van der Waals surface area contributed by atoms with E-state index in [0.717, 1.165) is 22.8 Å². The molecule has 0 saturated heterocycles. The van der Waals surface area contributed by atoms with Gasteiger partial charge in [0.25, 0.3) is 0 Å². The van der Waals surface area contributed by atoms with Gasteiger partial charge in [-0.2, -0.15) is 13.2 Å². The Bertz CT molecular complexity index is 1030. The predicted octanol–water partition coefficient (Wildman–Crippen LogP) is 4.68. The highest BCUT2D eigenvalue weighted by Crippen LogP contribution is 2.69. The van der Waals surface area contributed by atoms with E-state index >= 15 is 0 Å².